The van der Waals surface area contributed by atoms with Crippen molar-refractivity contribution < 1.29 is 36.2 Å². The van der Waals surface area contributed by atoms with Gasteiger partial charge in [-0.3, -0.25) is 0 Å². The van der Waals surface area contributed by atoms with Crippen molar-refractivity contribution in [1.29, 1.82) is 0 Å². The first-order valence-electron chi connectivity index (χ1n) is 13.4. The number of benzene rings is 3. The van der Waals surface area contributed by atoms with Crippen LogP contribution in [0.2, 0.25) is 0 Å². The van der Waals surface area contributed by atoms with E-state index in [-0.39, 0.29) is 36.0 Å². The molecule has 3 aromatic carbocycles. The lowest BCUT2D eigenvalue weighted by molar-refractivity contribution is -0.137. The van der Waals surface area contributed by atoms with Gasteiger partial charge in [-0.1, -0.05) is 42.8 Å². The smallest absolute Gasteiger partial charge is 0.416 e. The first-order valence-corrected chi connectivity index (χ1v) is 14.8. The highest BCUT2D eigenvalue weighted by Gasteiger charge is 2.38. The molecule has 2 N–H and O–H groups in total. The molecule has 0 fully saturated rings. The predicted molar refractivity (Wildman–Crippen MR) is 154 cm³/mol. The van der Waals surface area contributed by atoms with Crippen molar-refractivity contribution in [3.63, 3.8) is 0 Å². The number of aliphatic hydroxyl groups is 1. The zero-order valence-corrected chi connectivity index (χ0v) is 24.5. The molecule has 42 heavy (non-hydrogen) atoms. The van der Waals surface area contributed by atoms with Gasteiger partial charge in [-0.2, -0.15) is 17.5 Å². The van der Waals surface area contributed by atoms with Gasteiger partial charge < -0.3 is 20.1 Å². The van der Waals surface area contributed by atoms with Gasteiger partial charge in [0.05, 0.1) is 18.7 Å². The van der Waals surface area contributed by atoms with E-state index in [4.69, 9.17) is 4.74 Å². The van der Waals surface area contributed by atoms with E-state index in [0.717, 1.165) is 28.8 Å². The largest absolute Gasteiger partial charge is 0.487 e. The van der Waals surface area contributed by atoms with Crippen LogP contribution in [0.25, 0.3) is 11.1 Å². The molecule has 0 aromatic heterocycles. The fraction of sp³-hybridized carbons (Fsp3) is 0.367. The van der Waals surface area contributed by atoms with E-state index >= 15 is 0 Å². The number of ether oxygens (including phenoxy) is 1. The molecule has 0 spiro atoms. The number of aryl methyl sites for hydroxylation is 1. The number of urea groups is 1. The Morgan fingerprint density at radius 2 is 1.71 bits per heavy atom. The first kappa shape index (κ1) is 31.3. The van der Waals surface area contributed by atoms with Crippen molar-refractivity contribution in [3.05, 3.63) is 77.9 Å². The Hall–Kier alpha value is -3.61. The number of hydrogen-bond acceptors (Lipinski definition) is 5. The van der Waals surface area contributed by atoms with Crippen LogP contribution in [0.15, 0.2) is 71.6 Å². The number of halogens is 3. The van der Waals surface area contributed by atoms with Crippen LogP contribution in [0.4, 0.5) is 23.7 Å². The Bertz CT molecular complexity index is 1510. The summed E-state index contributed by atoms with van der Waals surface area (Å²) in [6, 6.07) is 15.4. The summed E-state index contributed by atoms with van der Waals surface area (Å²) in [6.07, 6.45) is -5.15. The molecule has 0 bridgehead atoms. The van der Waals surface area contributed by atoms with Gasteiger partial charge in [0.25, 0.3) is 0 Å². The number of aliphatic hydroxyl groups excluding tert-OH is 1. The Morgan fingerprint density at radius 1 is 1.10 bits per heavy atom. The average Bonchev–Trinajstić information content (AvgIpc) is 2.94. The van der Waals surface area contributed by atoms with E-state index in [1.54, 1.807) is 26.0 Å². The number of nitrogens with zero attached hydrogens (tertiary/aromatic N) is 2. The normalized spacial score (nSPS) is 19.5. The second-order valence-electron chi connectivity index (χ2n) is 10.7. The molecule has 0 aliphatic carbocycles. The Morgan fingerprint density at radius 3 is 2.31 bits per heavy atom. The van der Waals surface area contributed by atoms with Crippen molar-refractivity contribution >= 4 is 21.7 Å². The summed E-state index contributed by atoms with van der Waals surface area (Å²) in [5, 5.41) is 12.4. The predicted octanol–water partition coefficient (Wildman–Crippen LogP) is 5.61. The SMILES string of the molecule is Cc1ccc(-c2ccc3c(c2)O[C@@H](CN(C)C(=O)Nc2ccc(C(F)(F)F)cc2)[C@@H](C)CN([C@@H](C)CO)S3(=O)=O)cc1. The Labute approximate surface area is 243 Å². The molecule has 1 heterocycles. The number of alkyl halides is 3. The fourth-order valence-corrected chi connectivity index (χ4v) is 6.51. The summed E-state index contributed by atoms with van der Waals surface area (Å²) in [7, 11) is -2.52. The molecule has 226 valence electrons. The first-order chi connectivity index (χ1) is 19.7. The summed E-state index contributed by atoms with van der Waals surface area (Å²) in [5.74, 6) is -0.289. The Kier molecular flexibility index (Phi) is 9.19. The summed E-state index contributed by atoms with van der Waals surface area (Å²) < 4.78 is 73.7. The number of rotatable bonds is 6. The molecule has 2 amide bonds. The molecule has 1 aliphatic heterocycles. The second-order valence-corrected chi connectivity index (χ2v) is 12.5. The van der Waals surface area contributed by atoms with Crippen LogP contribution in [-0.4, -0.2) is 67.7 Å². The topological polar surface area (TPSA) is 99.2 Å². The maximum atomic E-state index is 13.7. The maximum absolute atomic E-state index is 13.7. The molecule has 0 saturated carbocycles. The lowest BCUT2D eigenvalue weighted by atomic mass is 10.0. The van der Waals surface area contributed by atoms with Gasteiger partial charge in [-0.25, -0.2) is 13.2 Å². The van der Waals surface area contributed by atoms with E-state index in [9.17, 15) is 31.5 Å². The highest BCUT2D eigenvalue weighted by atomic mass is 32.2. The van der Waals surface area contributed by atoms with Gasteiger partial charge in [0.15, 0.2) is 0 Å². The van der Waals surface area contributed by atoms with Gasteiger partial charge in [-0.05, 0) is 61.4 Å². The lowest BCUT2D eigenvalue weighted by Gasteiger charge is -2.37. The lowest BCUT2D eigenvalue weighted by Crippen LogP contribution is -2.50. The number of fused-ring (bicyclic) bond motifs is 1. The van der Waals surface area contributed by atoms with E-state index in [1.165, 1.54) is 34.5 Å². The number of anilines is 1. The Balaban J connectivity index is 1.63. The highest BCUT2D eigenvalue weighted by Crippen LogP contribution is 2.37. The van der Waals surface area contributed by atoms with Crippen LogP contribution in [0.3, 0.4) is 0 Å². The van der Waals surface area contributed by atoms with Crippen molar-refractivity contribution in [1.82, 2.24) is 9.21 Å². The molecule has 0 radical (unpaired) electrons. The van der Waals surface area contributed by atoms with Crippen LogP contribution < -0.4 is 10.1 Å². The molecule has 0 unspecified atom stereocenters. The molecule has 0 saturated heterocycles. The molecular formula is C30H34F3N3O5S. The minimum Gasteiger partial charge on any atom is -0.487 e. The quantitative estimate of drug-likeness (QED) is 0.381. The number of hydrogen-bond donors (Lipinski definition) is 2. The van der Waals surface area contributed by atoms with Crippen molar-refractivity contribution in [3.8, 4) is 16.9 Å². The summed E-state index contributed by atoms with van der Waals surface area (Å²) >= 11 is 0. The molecule has 12 heteroatoms. The van der Waals surface area contributed by atoms with Gasteiger partial charge in [0.2, 0.25) is 10.0 Å². The number of amides is 2. The van der Waals surface area contributed by atoms with Crippen LogP contribution in [0.1, 0.15) is 25.0 Å². The van der Waals surface area contributed by atoms with Crippen molar-refractivity contribution in [2.75, 3.05) is 32.1 Å². The van der Waals surface area contributed by atoms with E-state index in [2.05, 4.69) is 5.32 Å². The third-order valence-corrected chi connectivity index (χ3v) is 9.34. The van der Waals surface area contributed by atoms with Gasteiger partial charge >= 0.3 is 12.2 Å². The third kappa shape index (κ3) is 6.88. The van der Waals surface area contributed by atoms with Crippen molar-refractivity contribution in [2.45, 2.75) is 44.0 Å². The third-order valence-electron chi connectivity index (χ3n) is 7.32. The summed E-state index contributed by atoms with van der Waals surface area (Å²) in [5.41, 5.74) is 2.04. The van der Waals surface area contributed by atoms with Gasteiger partial charge in [0.1, 0.15) is 16.7 Å². The molecule has 4 rings (SSSR count). The summed E-state index contributed by atoms with van der Waals surface area (Å²) in [6.45, 7) is 5.07. The van der Waals surface area contributed by atoms with Gasteiger partial charge in [0, 0.05) is 31.2 Å². The monoisotopic (exact) mass is 605 g/mol. The van der Waals surface area contributed by atoms with Crippen LogP contribution in [0.5, 0.6) is 5.75 Å². The zero-order chi connectivity index (χ0) is 30.8. The number of nitrogens with one attached hydrogen (secondary N) is 1. The molecule has 1 aliphatic rings. The number of carbonyl (C=O) groups is 1. The second kappa shape index (κ2) is 12.3. The minimum atomic E-state index is -4.49. The van der Waals surface area contributed by atoms with E-state index in [0.29, 0.717) is 0 Å². The number of carbonyl (C=O) groups excluding carboxylic acids is 1. The van der Waals surface area contributed by atoms with E-state index < -0.39 is 45.9 Å². The van der Waals surface area contributed by atoms with Gasteiger partial charge in [-0.15, -0.1) is 0 Å². The number of likely N-dealkylation sites (N-methyl/N-ethyl adjacent to an activating group) is 1. The molecule has 3 atom stereocenters. The highest BCUT2D eigenvalue weighted by molar-refractivity contribution is 7.89. The minimum absolute atomic E-state index is 0.0300. The maximum Gasteiger partial charge on any atom is 0.416 e. The molecular weight excluding hydrogens is 571 g/mol. The van der Waals surface area contributed by atoms with Crippen LogP contribution in [0, 0.1) is 12.8 Å². The standard InChI is InChI=1S/C30H34F3N3O5S/c1-19-5-7-22(8-6-19)23-9-14-28-26(15-23)41-27(20(2)16-36(21(3)18-37)42(28,39)40)17-35(4)29(38)34-25-12-10-24(11-13-25)30(31,32)33/h5-15,20-21,27,37H,16-18H2,1-4H3,(H,34,38)/t20-,21-,27-/m0/s1. The van der Waals surface area contributed by atoms with Crippen LogP contribution in [-0.2, 0) is 16.2 Å². The average molecular weight is 606 g/mol. The fourth-order valence-electron chi connectivity index (χ4n) is 4.68. The summed E-state index contributed by atoms with van der Waals surface area (Å²) in [4.78, 5) is 14.2. The number of sulfonamides is 1. The zero-order valence-electron chi connectivity index (χ0n) is 23.7. The van der Waals surface area contributed by atoms with Crippen molar-refractivity contribution in [2.24, 2.45) is 5.92 Å². The molecule has 3 aromatic rings. The molecule has 8 nitrogen and oxygen atoms in total. The van der Waals surface area contributed by atoms with E-state index in [1.807, 2.05) is 31.2 Å². The van der Waals surface area contributed by atoms with Crippen LogP contribution >= 0.6 is 0 Å².